The van der Waals surface area contributed by atoms with Crippen molar-refractivity contribution >= 4 is 0 Å². The lowest BCUT2D eigenvalue weighted by Gasteiger charge is -2.43. The molecule has 0 spiro atoms. The van der Waals surface area contributed by atoms with Gasteiger partial charge >= 0.3 is 0 Å². The molecule has 0 amide bonds. The van der Waals surface area contributed by atoms with Gasteiger partial charge in [-0.1, -0.05) is 32.4 Å². The molecule has 0 bridgehead atoms. The van der Waals surface area contributed by atoms with Gasteiger partial charge in [-0.2, -0.15) is 0 Å². The van der Waals surface area contributed by atoms with E-state index in [1.165, 1.54) is 32.1 Å². The summed E-state index contributed by atoms with van der Waals surface area (Å²) >= 11 is 0. The van der Waals surface area contributed by atoms with Crippen molar-refractivity contribution in [2.24, 2.45) is 35.0 Å². The molecule has 0 saturated heterocycles. The van der Waals surface area contributed by atoms with Crippen LogP contribution in [-0.4, -0.2) is 10.7 Å². The van der Waals surface area contributed by atoms with Gasteiger partial charge in [0.2, 0.25) is 0 Å². The van der Waals surface area contributed by atoms with Crippen LogP contribution in [0, 0.1) is 35.0 Å². The van der Waals surface area contributed by atoms with Crippen molar-refractivity contribution in [3.63, 3.8) is 0 Å². The van der Waals surface area contributed by atoms with Crippen molar-refractivity contribution in [2.45, 2.75) is 78.7 Å². The van der Waals surface area contributed by atoms with Crippen LogP contribution in [0.15, 0.2) is 11.6 Å². The van der Waals surface area contributed by atoms with E-state index in [1.54, 1.807) is 5.57 Å². The van der Waals surface area contributed by atoms with Gasteiger partial charge in [-0.05, 0) is 87.4 Å². The van der Waals surface area contributed by atoms with E-state index in [-0.39, 0.29) is 0 Å². The van der Waals surface area contributed by atoms with Gasteiger partial charge in [0.1, 0.15) is 0 Å². The Morgan fingerprint density at radius 3 is 2.48 bits per heavy atom. The van der Waals surface area contributed by atoms with E-state index in [0.717, 1.165) is 24.2 Å². The van der Waals surface area contributed by atoms with Crippen LogP contribution in [0.3, 0.4) is 0 Å². The fraction of sp³-hybridized carbons (Fsp3) is 0.900. The molecule has 0 radical (unpaired) electrons. The molecular formula is C20H34O. The Bertz CT molecular complexity index is 433. The Morgan fingerprint density at radius 1 is 1.10 bits per heavy atom. The molecular weight excluding hydrogens is 256 g/mol. The summed E-state index contributed by atoms with van der Waals surface area (Å²) in [5.74, 6) is 3.51. The van der Waals surface area contributed by atoms with Crippen LogP contribution in [0.1, 0.15) is 73.1 Å². The third kappa shape index (κ3) is 2.40. The molecule has 0 heterocycles. The van der Waals surface area contributed by atoms with Gasteiger partial charge in [-0.15, -0.1) is 0 Å². The standard InChI is InChI=1S/C20H34O/c1-13(2)16-8-9-17-15-12-14(3)6-7-18(15)20(5,21)11-10-19(16,17)4/h12-13,15-18,21H,6-11H2,1-5H3/t15-,16?,17-,18?,19+,20-/m1/s1. The molecule has 3 aliphatic rings. The van der Waals surface area contributed by atoms with Crippen molar-refractivity contribution in [3.05, 3.63) is 11.6 Å². The first-order chi connectivity index (χ1) is 9.75. The minimum absolute atomic E-state index is 0.436. The normalized spacial score (nSPS) is 50.3. The second-order valence-electron chi connectivity index (χ2n) is 9.13. The van der Waals surface area contributed by atoms with Crippen LogP contribution in [0.5, 0.6) is 0 Å². The van der Waals surface area contributed by atoms with Crippen LogP contribution in [0.4, 0.5) is 0 Å². The maximum Gasteiger partial charge on any atom is 0.0653 e. The van der Waals surface area contributed by atoms with E-state index in [1.807, 2.05) is 0 Å². The highest BCUT2D eigenvalue weighted by Gasteiger charge is 2.56. The second-order valence-corrected chi connectivity index (χ2v) is 9.13. The lowest BCUT2D eigenvalue weighted by molar-refractivity contribution is -0.0307. The van der Waals surface area contributed by atoms with Crippen molar-refractivity contribution in [1.29, 1.82) is 0 Å². The monoisotopic (exact) mass is 290 g/mol. The highest BCUT2D eigenvalue weighted by molar-refractivity contribution is 5.16. The number of rotatable bonds is 1. The highest BCUT2D eigenvalue weighted by Crippen LogP contribution is 2.62. The minimum atomic E-state index is -0.462. The molecule has 3 aliphatic carbocycles. The van der Waals surface area contributed by atoms with Gasteiger partial charge in [-0.25, -0.2) is 0 Å². The average molecular weight is 290 g/mol. The first-order valence-corrected chi connectivity index (χ1v) is 9.15. The van der Waals surface area contributed by atoms with E-state index in [4.69, 9.17) is 0 Å². The van der Waals surface area contributed by atoms with E-state index in [0.29, 0.717) is 17.3 Å². The molecule has 0 aromatic heterocycles. The summed E-state index contributed by atoms with van der Waals surface area (Å²) in [4.78, 5) is 0. The maximum absolute atomic E-state index is 11.1. The molecule has 2 fully saturated rings. The minimum Gasteiger partial charge on any atom is -0.390 e. The van der Waals surface area contributed by atoms with Crippen molar-refractivity contribution in [1.82, 2.24) is 0 Å². The molecule has 1 heteroatoms. The molecule has 0 aromatic carbocycles. The molecule has 2 unspecified atom stereocenters. The third-order valence-electron chi connectivity index (χ3n) is 7.51. The lowest BCUT2D eigenvalue weighted by Crippen LogP contribution is -2.41. The smallest absolute Gasteiger partial charge is 0.0653 e. The summed E-state index contributed by atoms with van der Waals surface area (Å²) in [6.07, 6.45) is 9.93. The molecule has 120 valence electrons. The summed E-state index contributed by atoms with van der Waals surface area (Å²) in [5.41, 5.74) is 1.53. The molecule has 0 aromatic rings. The van der Waals surface area contributed by atoms with Crippen LogP contribution >= 0.6 is 0 Å². The molecule has 2 saturated carbocycles. The highest BCUT2D eigenvalue weighted by atomic mass is 16.3. The number of aliphatic hydroxyl groups is 1. The summed E-state index contributed by atoms with van der Waals surface area (Å²) < 4.78 is 0. The number of hydrogen-bond donors (Lipinski definition) is 1. The third-order valence-corrected chi connectivity index (χ3v) is 7.51. The van der Waals surface area contributed by atoms with Crippen LogP contribution in [0.2, 0.25) is 0 Å². The van der Waals surface area contributed by atoms with Gasteiger partial charge < -0.3 is 5.11 Å². The lowest BCUT2D eigenvalue weighted by atomic mass is 9.62. The molecule has 21 heavy (non-hydrogen) atoms. The Kier molecular flexibility index (Phi) is 3.80. The van der Waals surface area contributed by atoms with Crippen LogP contribution < -0.4 is 0 Å². The maximum atomic E-state index is 11.1. The van der Waals surface area contributed by atoms with E-state index in [2.05, 4.69) is 40.7 Å². The van der Waals surface area contributed by atoms with Crippen molar-refractivity contribution in [2.75, 3.05) is 0 Å². The summed E-state index contributed by atoms with van der Waals surface area (Å²) in [5, 5.41) is 11.1. The number of fused-ring (bicyclic) bond motifs is 3. The van der Waals surface area contributed by atoms with Gasteiger partial charge in [-0.3, -0.25) is 0 Å². The van der Waals surface area contributed by atoms with Gasteiger partial charge in [0.15, 0.2) is 0 Å². The Balaban J connectivity index is 2.02. The SMILES string of the molecule is CC1=C[C@H]2C(CC1)[C@](C)(O)CC[C@@]1(C)C(C(C)C)CC[C@H]21. The fourth-order valence-electron chi connectivity index (χ4n) is 6.32. The first-order valence-electron chi connectivity index (χ1n) is 9.15. The summed E-state index contributed by atoms with van der Waals surface area (Å²) in [7, 11) is 0. The van der Waals surface area contributed by atoms with Crippen LogP contribution in [-0.2, 0) is 0 Å². The van der Waals surface area contributed by atoms with E-state index < -0.39 is 5.60 Å². The predicted octanol–water partition coefficient (Wildman–Crippen LogP) is 5.19. The molecule has 3 rings (SSSR count). The van der Waals surface area contributed by atoms with Gasteiger partial charge in [0.05, 0.1) is 5.60 Å². The van der Waals surface area contributed by atoms with Gasteiger partial charge in [0, 0.05) is 0 Å². The molecule has 1 N–H and O–H groups in total. The van der Waals surface area contributed by atoms with E-state index in [9.17, 15) is 5.11 Å². The topological polar surface area (TPSA) is 20.2 Å². The Hall–Kier alpha value is -0.300. The average Bonchev–Trinajstić information content (AvgIpc) is 2.70. The fourth-order valence-corrected chi connectivity index (χ4v) is 6.32. The van der Waals surface area contributed by atoms with Crippen molar-refractivity contribution < 1.29 is 5.11 Å². The number of hydrogen-bond acceptors (Lipinski definition) is 1. The zero-order valence-corrected chi connectivity index (χ0v) is 14.7. The Morgan fingerprint density at radius 2 is 1.81 bits per heavy atom. The zero-order chi connectivity index (χ0) is 15.4. The van der Waals surface area contributed by atoms with Crippen molar-refractivity contribution in [3.8, 4) is 0 Å². The molecule has 1 nitrogen and oxygen atoms in total. The van der Waals surface area contributed by atoms with E-state index >= 15 is 0 Å². The Labute approximate surface area is 131 Å². The largest absolute Gasteiger partial charge is 0.390 e. The van der Waals surface area contributed by atoms with Crippen LogP contribution in [0.25, 0.3) is 0 Å². The molecule has 0 aliphatic heterocycles. The quantitative estimate of drug-likeness (QED) is 0.659. The predicted molar refractivity (Wildman–Crippen MR) is 89.0 cm³/mol. The zero-order valence-electron chi connectivity index (χ0n) is 14.7. The number of allylic oxidation sites excluding steroid dienone is 2. The first kappa shape index (κ1) is 15.6. The second kappa shape index (κ2) is 5.11. The summed E-state index contributed by atoms with van der Waals surface area (Å²) in [6, 6.07) is 0. The summed E-state index contributed by atoms with van der Waals surface area (Å²) in [6.45, 7) is 11.8. The van der Waals surface area contributed by atoms with Gasteiger partial charge in [0.25, 0.3) is 0 Å². The molecule has 6 atom stereocenters.